The number of hydrogen-bond donors (Lipinski definition) is 0. The van der Waals surface area contributed by atoms with Crippen molar-refractivity contribution in [3.63, 3.8) is 0 Å². The summed E-state index contributed by atoms with van der Waals surface area (Å²) in [5.41, 5.74) is 7.71. The van der Waals surface area contributed by atoms with E-state index in [0.717, 1.165) is 61.0 Å². The molecular weight excluding hydrogens is 635 g/mol. The molecule has 0 saturated carbocycles. The molecule has 7 aromatic rings. The molecule has 0 bridgehead atoms. The average Bonchev–Trinajstić information content (AvgIpc) is 3.15. The molecule has 0 aliphatic carbocycles. The van der Waals surface area contributed by atoms with Crippen LogP contribution in [0.1, 0.15) is 0 Å². The quantitative estimate of drug-likeness (QED) is 0.170. The molecule has 0 N–H and O–H groups in total. The number of fused-ring (bicyclic) bond motifs is 4. The minimum absolute atomic E-state index is 0.899. The SMILES string of the molecule is C[Si]1(C)c2ccccc2Oc2c(N(c3ccc(-c4ccccc4)cc3)c3ccc(-c4cccc5c4Oc4ccccc4S5)cc3)cccc21. The number of nitrogens with zero attached hydrogens (tertiary/aromatic N) is 1. The summed E-state index contributed by atoms with van der Waals surface area (Å²) in [4.78, 5) is 4.60. The molecule has 0 radical (unpaired) electrons. The van der Waals surface area contributed by atoms with Crippen LogP contribution in [-0.4, -0.2) is 8.07 Å². The smallest absolute Gasteiger partial charge is 0.151 e. The maximum atomic E-state index is 6.82. The van der Waals surface area contributed by atoms with Gasteiger partial charge in [0.25, 0.3) is 0 Å². The second-order valence-corrected chi connectivity index (χ2v) is 18.4. The molecular formula is C44H33NO2SSi. The van der Waals surface area contributed by atoms with Gasteiger partial charge in [0.05, 0.1) is 15.5 Å². The standard InChI is InChI=1S/C44H33NO2SSi/c1-49(2)41-20-9-7-17-38(41)47-44-36(15-11-21-42(44)49)45(33-26-22-31(23-27-33)30-12-4-3-5-13-30)34-28-24-32(25-29-34)35-14-10-19-40-43(35)46-37-16-6-8-18-39(37)48-40/h3-29H,1-2H3. The predicted octanol–water partition coefficient (Wildman–Crippen LogP) is 11.7. The normalized spacial score (nSPS) is 13.5. The highest BCUT2D eigenvalue weighted by molar-refractivity contribution is 7.99. The Morgan fingerprint density at radius 3 is 1.80 bits per heavy atom. The number of para-hydroxylation sites is 4. The first-order chi connectivity index (χ1) is 24.0. The van der Waals surface area contributed by atoms with E-state index >= 15 is 0 Å². The maximum Gasteiger partial charge on any atom is 0.151 e. The highest BCUT2D eigenvalue weighted by atomic mass is 32.2. The first kappa shape index (κ1) is 29.6. The molecule has 0 spiro atoms. The van der Waals surface area contributed by atoms with E-state index in [-0.39, 0.29) is 0 Å². The average molecular weight is 668 g/mol. The number of rotatable bonds is 5. The van der Waals surface area contributed by atoms with Gasteiger partial charge < -0.3 is 14.4 Å². The lowest BCUT2D eigenvalue weighted by atomic mass is 10.0. The minimum Gasteiger partial charge on any atom is -0.455 e. The molecule has 2 aliphatic heterocycles. The van der Waals surface area contributed by atoms with Gasteiger partial charge in [-0.1, -0.05) is 134 Å². The molecule has 0 amide bonds. The fourth-order valence-corrected chi connectivity index (χ4v) is 10.9. The summed E-state index contributed by atoms with van der Waals surface area (Å²) in [7, 11) is -2.02. The van der Waals surface area contributed by atoms with Crippen LogP contribution in [0.5, 0.6) is 23.0 Å². The Kier molecular flexibility index (Phi) is 7.19. The van der Waals surface area contributed by atoms with E-state index in [1.807, 2.05) is 12.1 Å². The minimum atomic E-state index is -2.02. The lowest BCUT2D eigenvalue weighted by Crippen LogP contribution is -2.56. The Hall–Kier alpha value is -5.49. The van der Waals surface area contributed by atoms with Crippen LogP contribution < -0.4 is 24.7 Å². The van der Waals surface area contributed by atoms with E-state index in [0.29, 0.717) is 0 Å². The fourth-order valence-electron chi connectivity index (χ4n) is 7.05. The molecule has 2 heterocycles. The topological polar surface area (TPSA) is 21.7 Å². The van der Waals surface area contributed by atoms with E-state index in [4.69, 9.17) is 9.47 Å². The van der Waals surface area contributed by atoms with Crippen molar-refractivity contribution < 1.29 is 9.47 Å². The third-order valence-electron chi connectivity index (χ3n) is 9.61. The Balaban J connectivity index is 1.15. The molecule has 5 heteroatoms. The van der Waals surface area contributed by atoms with E-state index in [9.17, 15) is 0 Å². The molecule has 0 saturated heterocycles. The van der Waals surface area contributed by atoms with Gasteiger partial charge in [-0.05, 0) is 81.7 Å². The molecule has 3 nitrogen and oxygen atoms in total. The summed E-state index contributed by atoms with van der Waals surface area (Å²) in [5.74, 6) is 3.71. The second-order valence-electron chi connectivity index (χ2n) is 13.0. The molecule has 0 unspecified atom stereocenters. The van der Waals surface area contributed by atoms with Gasteiger partial charge in [0, 0.05) is 16.9 Å². The Bertz CT molecular complexity index is 2340. The van der Waals surface area contributed by atoms with Crippen LogP contribution in [0.25, 0.3) is 22.3 Å². The Labute approximate surface area is 292 Å². The molecule has 236 valence electrons. The zero-order valence-electron chi connectivity index (χ0n) is 27.3. The van der Waals surface area contributed by atoms with E-state index in [1.54, 1.807) is 11.8 Å². The lowest BCUT2D eigenvalue weighted by molar-refractivity contribution is 0.456. The highest BCUT2D eigenvalue weighted by Crippen LogP contribution is 2.51. The van der Waals surface area contributed by atoms with Crippen molar-refractivity contribution in [3.05, 3.63) is 164 Å². The van der Waals surface area contributed by atoms with Crippen LogP contribution in [0.3, 0.4) is 0 Å². The summed E-state index contributed by atoms with van der Waals surface area (Å²) in [6, 6.07) is 58.0. The van der Waals surface area contributed by atoms with Gasteiger partial charge in [0.2, 0.25) is 0 Å². The van der Waals surface area contributed by atoms with Gasteiger partial charge in [-0.2, -0.15) is 0 Å². The Morgan fingerprint density at radius 1 is 0.449 bits per heavy atom. The number of benzene rings is 7. The summed E-state index contributed by atoms with van der Waals surface area (Å²) < 4.78 is 13.3. The van der Waals surface area contributed by atoms with E-state index in [1.165, 1.54) is 21.5 Å². The van der Waals surface area contributed by atoms with Crippen molar-refractivity contribution >= 4 is 47.3 Å². The zero-order valence-corrected chi connectivity index (χ0v) is 29.1. The van der Waals surface area contributed by atoms with E-state index < -0.39 is 8.07 Å². The third kappa shape index (κ3) is 5.14. The van der Waals surface area contributed by atoms with Crippen LogP contribution in [0, 0.1) is 0 Å². The second kappa shape index (κ2) is 11.9. The number of ether oxygens (including phenoxy) is 2. The predicted molar refractivity (Wildman–Crippen MR) is 206 cm³/mol. The van der Waals surface area contributed by atoms with Crippen LogP contribution >= 0.6 is 11.8 Å². The molecule has 49 heavy (non-hydrogen) atoms. The summed E-state index contributed by atoms with van der Waals surface area (Å²) in [6.45, 7) is 4.84. The van der Waals surface area contributed by atoms with Crippen LogP contribution in [0.15, 0.2) is 174 Å². The molecule has 9 rings (SSSR count). The molecule has 2 aliphatic rings. The molecule has 7 aromatic carbocycles. The summed E-state index contributed by atoms with van der Waals surface area (Å²) >= 11 is 1.76. The van der Waals surface area contributed by atoms with Crippen molar-refractivity contribution in [1.82, 2.24) is 0 Å². The molecule has 0 fully saturated rings. The number of hydrogen-bond acceptors (Lipinski definition) is 4. The summed E-state index contributed by atoms with van der Waals surface area (Å²) in [6.07, 6.45) is 0. The third-order valence-corrected chi connectivity index (χ3v) is 14.2. The Morgan fingerprint density at radius 2 is 1.02 bits per heavy atom. The van der Waals surface area contributed by atoms with Crippen LogP contribution in [0.2, 0.25) is 13.1 Å². The first-order valence-corrected chi connectivity index (χ1v) is 20.4. The van der Waals surface area contributed by atoms with Crippen LogP contribution in [-0.2, 0) is 0 Å². The van der Waals surface area contributed by atoms with Gasteiger partial charge in [-0.15, -0.1) is 0 Å². The van der Waals surface area contributed by atoms with Crippen LogP contribution in [0.4, 0.5) is 17.1 Å². The fraction of sp³-hybridized carbons (Fsp3) is 0.0455. The first-order valence-electron chi connectivity index (χ1n) is 16.6. The lowest BCUT2D eigenvalue weighted by Gasteiger charge is -2.36. The number of anilines is 3. The van der Waals surface area contributed by atoms with Crippen molar-refractivity contribution in [1.29, 1.82) is 0 Å². The largest absolute Gasteiger partial charge is 0.455 e. The van der Waals surface area contributed by atoms with Crippen molar-refractivity contribution in [2.24, 2.45) is 0 Å². The van der Waals surface area contributed by atoms with Gasteiger partial charge in [-0.25, -0.2) is 0 Å². The van der Waals surface area contributed by atoms with Crippen molar-refractivity contribution in [3.8, 4) is 45.3 Å². The van der Waals surface area contributed by atoms with Gasteiger partial charge >= 0.3 is 0 Å². The monoisotopic (exact) mass is 667 g/mol. The van der Waals surface area contributed by atoms with Crippen molar-refractivity contribution in [2.45, 2.75) is 22.9 Å². The summed E-state index contributed by atoms with van der Waals surface area (Å²) in [5, 5.41) is 2.63. The van der Waals surface area contributed by atoms with E-state index in [2.05, 4.69) is 170 Å². The van der Waals surface area contributed by atoms with Gasteiger partial charge in [0.15, 0.2) is 5.75 Å². The molecule has 0 aromatic heterocycles. The van der Waals surface area contributed by atoms with Gasteiger partial charge in [0.1, 0.15) is 25.3 Å². The highest BCUT2D eigenvalue weighted by Gasteiger charge is 2.38. The van der Waals surface area contributed by atoms with Gasteiger partial charge in [-0.3, -0.25) is 0 Å². The van der Waals surface area contributed by atoms with Crippen molar-refractivity contribution in [2.75, 3.05) is 4.90 Å². The maximum absolute atomic E-state index is 6.82. The zero-order chi connectivity index (χ0) is 33.0. The molecule has 0 atom stereocenters.